The molecular weight excluding hydrogens is 477 g/mol. The maximum Gasteiger partial charge on any atom is 0.191 e. The Morgan fingerprint density at radius 3 is 2.39 bits per heavy atom. The highest BCUT2D eigenvalue weighted by Gasteiger charge is 2.11. The van der Waals surface area contributed by atoms with Gasteiger partial charge in [0.1, 0.15) is 11.6 Å². The lowest BCUT2D eigenvalue weighted by Gasteiger charge is -2.28. The molecule has 5 nitrogen and oxygen atoms in total. The molecule has 8 heteroatoms. The van der Waals surface area contributed by atoms with Crippen LogP contribution in [0.5, 0.6) is 0 Å². The molecule has 28 heavy (non-hydrogen) atoms. The van der Waals surface area contributed by atoms with E-state index in [4.69, 9.17) is 4.74 Å². The summed E-state index contributed by atoms with van der Waals surface area (Å²) in [6, 6.07) is 11.7. The number of ether oxygens (including phenoxy) is 1. The first-order valence-corrected chi connectivity index (χ1v) is 8.96. The van der Waals surface area contributed by atoms with Gasteiger partial charge < -0.3 is 20.3 Å². The van der Waals surface area contributed by atoms with Gasteiger partial charge in [-0.2, -0.15) is 0 Å². The van der Waals surface area contributed by atoms with Crippen LogP contribution < -0.4 is 15.5 Å². The topological polar surface area (TPSA) is 48.9 Å². The summed E-state index contributed by atoms with van der Waals surface area (Å²) in [4.78, 5) is 6.42. The molecule has 0 unspecified atom stereocenters. The Bertz CT molecular complexity index is 780. The first kappa shape index (κ1) is 22.4. The fourth-order valence-electron chi connectivity index (χ4n) is 2.91. The van der Waals surface area contributed by atoms with E-state index < -0.39 is 11.6 Å². The second-order valence-corrected chi connectivity index (χ2v) is 6.28. The highest BCUT2D eigenvalue weighted by atomic mass is 127. The number of guanidine groups is 1. The van der Waals surface area contributed by atoms with Gasteiger partial charge in [-0.05, 0) is 35.9 Å². The molecule has 152 valence electrons. The number of morpholine rings is 1. The summed E-state index contributed by atoms with van der Waals surface area (Å²) in [5, 5.41) is 6.18. The van der Waals surface area contributed by atoms with Gasteiger partial charge >= 0.3 is 0 Å². The third-order valence-electron chi connectivity index (χ3n) is 4.45. The number of nitrogens with one attached hydrogen (secondary N) is 2. The van der Waals surface area contributed by atoms with Gasteiger partial charge in [-0.15, -0.1) is 24.0 Å². The molecule has 0 amide bonds. The zero-order valence-corrected chi connectivity index (χ0v) is 18.1. The molecule has 2 N–H and O–H groups in total. The van der Waals surface area contributed by atoms with Gasteiger partial charge in [0, 0.05) is 44.5 Å². The summed E-state index contributed by atoms with van der Waals surface area (Å²) >= 11 is 0. The van der Waals surface area contributed by atoms with Gasteiger partial charge in [0.05, 0.1) is 13.2 Å². The Labute approximate surface area is 181 Å². The molecule has 3 rings (SSSR count). The highest BCUT2D eigenvalue weighted by molar-refractivity contribution is 14.0. The van der Waals surface area contributed by atoms with Crippen LogP contribution in [0.25, 0.3) is 0 Å². The first-order chi connectivity index (χ1) is 13.2. The van der Waals surface area contributed by atoms with E-state index in [0.717, 1.165) is 44.0 Å². The van der Waals surface area contributed by atoms with E-state index in [-0.39, 0.29) is 36.1 Å². The molecule has 1 aliphatic rings. The maximum atomic E-state index is 13.7. The van der Waals surface area contributed by atoms with Crippen LogP contribution >= 0.6 is 24.0 Å². The number of hydrogen-bond acceptors (Lipinski definition) is 3. The Balaban J connectivity index is 0.00000280. The van der Waals surface area contributed by atoms with Crippen LogP contribution in [-0.4, -0.2) is 39.3 Å². The van der Waals surface area contributed by atoms with E-state index in [1.54, 1.807) is 7.05 Å². The second kappa shape index (κ2) is 11.2. The summed E-state index contributed by atoms with van der Waals surface area (Å²) < 4.78 is 32.3. The lowest BCUT2D eigenvalue weighted by molar-refractivity contribution is 0.122. The average Bonchev–Trinajstić information content (AvgIpc) is 2.71. The number of hydrogen-bond donors (Lipinski definition) is 2. The van der Waals surface area contributed by atoms with E-state index in [9.17, 15) is 8.78 Å². The van der Waals surface area contributed by atoms with Crippen LogP contribution in [0, 0.1) is 11.6 Å². The molecule has 0 aliphatic carbocycles. The molecule has 0 spiro atoms. The van der Waals surface area contributed by atoms with Gasteiger partial charge in [-0.3, -0.25) is 4.99 Å². The van der Waals surface area contributed by atoms with E-state index in [1.165, 1.54) is 11.8 Å². The van der Waals surface area contributed by atoms with E-state index >= 15 is 0 Å². The van der Waals surface area contributed by atoms with Crippen LogP contribution in [0.1, 0.15) is 11.1 Å². The molecule has 0 atom stereocenters. The Morgan fingerprint density at radius 1 is 1.04 bits per heavy atom. The largest absolute Gasteiger partial charge is 0.378 e. The van der Waals surface area contributed by atoms with Crippen molar-refractivity contribution in [3.8, 4) is 0 Å². The molecule has 0 bridgehead atoms. The highest BCUT2D eigenvalue weighted by Crippen LogP contribution is 2.16. The molecule has 1 heterocycles. The van der Waals surface area contributed by atoms with Crippen molar-refractivity contribution < 1.29 is 13.5 Å². The third-order valence-corrected chi connectivity index (χ3v) is 4.45. The van der Waals surface area contributed by atoms with Gasteiger partial charge in [0.15, 0.2) is 5.96 Å². The molecule has 0 radical (unpaired) electrons. The second-order valence-electron chi connectivity index (χ2n) is 6.28. The lowest BCUT2D eigenvalue weighted by atomic mass is 10.2. The van der Waals surface area contributed by atoms with Crippen LogP contribution in [0.2, 0.25) is 0 Å². The Hall–Kier alpha value is -1.94. The molecule has 1 fully saturated rings. The van der Waals surface area contributed by atoms with Crippen molar-refractivity contribution in [2.24, 2.45) is 4.99 Å². The smallest absolute Gasteiger partial charge is 0.191 e. The van der Waals surface area contributed by atoms with Crippen molar-refractivity contribution in [3.63, 3.8) is 0 Å². The van der Waals surface area contributed by atoms with Crippen molar-refractivity contribution in [3.05, 3.63) is 65.2 Å². The molecule has 2 aromatic carbocycles. The number of benzene rings is 2. The number of aliphatic imine (C=N–C) groups is 1. The van der Waals surface area contributed by atoms with Crippen LogP contribution in [0.3, 0.4) is 0 Å². The minimum absolute atomic E-state index is 0. The van der Waals surface area contributed by atoms with Crippen LogP contribution in [0.4, 0.5) is 14.5 Å². The van der Waals surface area contributed by atoms with E-state index in [2.05, 4.69) is 44.8 Å². The van der Waals surface area contributed by atoms with Gasteiger partial charge in [0.2, 0.25) is 0 Å². The zero-order valence-electron chi connectivity index (χ0n) is 15.8. The quantitative estimate of drug-likeness (QED) is 0.375. The predicted molar refractivity (Wildman–Crippen MR) is 118 cm³/mol. The van der Waals surface area contributed by atoms with Crippen molar-refractivity contribution in [1.29, 1.82) is 0 Å². The number of halogens is 3. The van der Waals surface area contributed by atoms with Gasteiger partial charge in [-0.1, -0.05) is 12.1 Å². The Morgan fingerprint density at radius 2 is 1.71 bits per heavy atom. The molecule has 1 saturated heterocycles. The fourth-order valence-corrected chi connectivity index (χ4v) is 2.91. The molecular formula is C20H25F2IN4O. The van der Waals surface area contributed by atoms with Crippen LogP contribution in [-0.2, 0) is 17.8 Å². The molecule has 0 saturated carbocycles. The molecule has 2 aromatic rings. The van der Waals surface area contributed by atoms with Crippen molar-refractivity contribution in [2.75, 3.05) is 38.3 Å². The summed E-state index contributed by atoms with van der Waals surface area (Å²) in [6.07, 6.45) is 0. The minimum atomic E-state index is -0.462. The van der Waals surface area contributed by atoms with E-state index in [1.807, 2.05) is 0 Å². The minimum Gasteiger partial charge on any atom is -0.378 e. The maximum absolute atomic E-state index is 13.7. The third kappa shape index (κ3) is 6.30. The molecule has 0 aromatic heterocycles. The number of anilines is 1. The van der Waals surface area contributed by atoms with Crippen molar-refractivity contribution >= 4 is 35.6 Å². The SMILES string of the molecule is CN=C(NCc1ccc(N2CCOCC2)cc1)NCc1cc(F)ccc1F.I. The van der Waals surface area contributed by atoms with Gasteiger partial charge in [-0.25, -0.2) is 8.78 Å². The number of rotatable bonds is 5. The summed E-state index contributed by atoms with van der Waals surface area (Å²) in [6.45, 7) is 4.07. The fraction of sp³-hybridized carbons (Fsp3) is 0.350. The van der Waals surface area contributed by atoms with Crippen molar-refractivity contribution in [2.45, 2.75) is 13.1 Å². The monoisotopic (exact) mass is 502 g/mol. The number of nitrogens with zero attached hydrogens (tertiary/aromatic N) is 2. The summed E-state index contributed by atoms with van der Waals surface area (Å²) in [7, 11) is 1.64. The average molecular weight is 502 g/mol. The van der Waals surface area contributed by atoms with E-state index in [0.29, 0.717) is 12.5 Å². The molecule has 1 aliphatic heterocycles. The zero-order chi connectivity index (χ0) is 19.1. The summed E-state index contributed by atoms with van der Waals surface area (Å²) in [5.74, 6) is -0.384. The Kier molecular flexibility index (Phi) is 8.91. The standard InChI is InChI=1S/C20H24F2N4O.HI/c1-23-20(25-14-16-12-17(21)4-7-19(16)22)24-13-15-2-5-18(6-3-15)26-8-10-27-11-9-26;/h2-7,12H,8-11,13-14H2,1H3,(H2,23,24,25);1H. The predicted octanol–water partition coefficient (Wildman–Crippen LogP) is 3.28. The van der Waals surface area contributed by atoms with Gasteiger partial charge in [0.25, 0.3) is 0 Å². The summed E-state index contributed by atoms with van der Waals surface area (Å²) in [5.41, 5.74) is 2.55. The normalized spacial score (nSPS) is 14.4. The van der Waals surface area contributed by atoms with Crippen LogP contribution in [0.15, 0.2) is 47.5 Å². The van der Waals surface area contributed by atoms with Crippen molar-refractivity contribution in [1.82, 2.24) is 10.6 Å². The first-order valence-electron chi connectivity index (χ1n) is 8.96. The lowest BCUT2D eigenvalue weighted by Crippen LogP contribution is -2.37.